The van der Waals surface area contributed by atoms with Crippen molar-refractivity contribution in [2.75, 3.05) is 26.7 Å². The lowest BCUT2D eigenvalue weighted by atomic mass is 10.1. The minimum Gasteiger partial charge on any atom is -0.357 e. The number of nitrogens with one attached hydrogen (secondary N) is 2. The molecule has 0 bridgehead atoms. The SMILES string of the molecule is CCNC(=NCc1ccccc1CN(C)C(C)C)NC1CCN(C(=O)C(C)C)C1. The average molecular weight is 402 g/mol. The van der Waals surface area contributed by atoms with Gasteiger partial charge in [-0.1, -0.05) is 38.1 Å². The van der Waals surface area contributed by atoms with E-state index in [9.17, 15) is 4.79 Å². The lowest BCUT2D eigenvalue weighted by Crippen LogP contribution is -2.45. The molecule has 0 spiro atoms. The van der Waals surface area contributed by atoms with Gasteiger partial charge < -0.3 is 15.5 Å². The predicted molar refractivity (Wildman–Crippen MR) is 121 cm³/mol. The van der Waals surface area contributed by atoms with E-state index >= 15 is 0 Å². The Kier molecular flexibility index (Phi) is 8.96. The van der Waals surface area contributed by atoms with Crippen LogP contribution in [0.4, 0.5) is 0 Å². The third-order valence-electron chi connectivity index (χ3n) is 5.51. The van der Waals surface area contributed by atoms with Crippen LogP contribution in [-0.2, 0) is 17.9 Å². The second-order valence-corrected chi connectivity index (χ2v) is 8.54. The van der Waals surface area contributed by atoms with Crippen LogP contribution >= 0.6 is 0 Å². The van der Waals surface area contributed by atoms with Crippen molar-refractivity contribution in [1.29, 1.82) is 0 Å². The Morgan fingerprint density at radius 3 is 2.55 bits per heavy atom. The van der Waals surface area contributed by atoms with E-state index in [1.54, 1.807) is 0 Å². The van der Waals surface area contributed by atoms with Gasteiger partial charge in [0.1, 0.15) is 0 Å². The molecule has 1 aromatic rings. The third kappa shape index (κ3) is 7.03. The van der Waals surface area contributed by atoms with Gasteiger partial charge in [-0.25, -0.2) is 4.99 Å². The zero-order valence-electron chi connectivity index (χ0n) is 19.0. The first-order valence-electron chi connectivity index (χ1n) is 10.9. The lowest BCUT2D eigenvalue weighted by Gasteiger charge is -2.22. The number of amides is 1. The van der Waals surface area contributed by atoms with E-state index in [-0.39, 0.29) is 17.9 Å². The van der Waals surface area contributed by atoms with Crippen LogP contribution in [0.25, 0.3) is 0 Å². The van der Waals surface area contributed by atoms with Crippen molar-refractivity contribution in [2.24, 2.45) is 10.9 Å². The van der Waals surface area contributed by atoms with E-state index in [4.69, 9.17) is 4.99 Å². The molecule has 1 aliphatic rings. The van der Waals surface area contributed by atoms with Gasteiger partial charge in [-0.15, -0.1) is 0 Å². The van der Waals surface area contributed by atoms with Crippen molar-refractivity contribution in [2.45, 2.75) is 66.2 Å². The summed E-state index contributed by atoms with van der Waals surface area (Å²) in [7, 11) is 2.15. The third-order valence-corrected chi connectivity index (χ3v) is 5.51. The Balaban J connectivity index is 2.02. The minimum atomic E-state index is 0.0520. The first-order valence-corrected chi connectivity index (χ1v) is 10.9. The Hall–Kier alpha value is -2.08. The van der Waals surface area contributed by atoms with E-state index < -0.39 is 0 Å². The number of aliphatic imine (C=N–C) groups is 1. The van der Waals surface area contributed by atoms with Gasteiger partial charge in [-0.3, -0.25) is 9.69 Å². The van der Waals surface area contributed by atoms with Crippen LogP contribution in [0.1, 0.15) is 52.2 Å². The van der Waals surface area contributed by atoms with E-state index in [0.29, 0.717) is 12.6 Å². The molecule has 2 rings (SSSR count). The van der Waals surface area contributed by atoms with Crippen LogP contribution in [0.15, 0.2) is 29.3 Å². The van der Waals surface area contributed by atoms with Crippen molar-refractivity contribution in [3.63, 3.8) is 0 Å². The summed E-state index contributed by atoms with van der Waals surface area (Å²) in [5, 5.41) is 6.87. The number of hydrogen-bond donors (Lipinski definition) is 2. The van der Waals surface area contributed by atoms with Gasteiger partial charge in [0.25, 0.3) is 0 Å². The van der Waals surface area contributed by atoms with Gasteiger partial charge >= 0.3 is 0 Å². The van der Waals surface area contributed by atoms with Crippen LogP contribution in [0.5, 0.6) is 0 Å². The van der Waals surface area contributed by atoms with Gasteiger partial charge in [0, 0.05) is 44.2 Å². The maximum atomic E-state index is 12.2. The molecular weight excluding hydrogens is 362 g/mol. The topological polar surface area (TPSA) is 60.0 Å². The van der Waals surface area contributed by atoms with E-state index in [0.717, 1.165) is 38.6 Å². The summed E-state index contributed by atoms with van der Waals surface area (Å²) in [6.07, 6.45) is 0.957. The summed E-state index contributed by atoms with van der Waals surface area (Å²) in [6.45, 7) is 14.4. The molecule has 29 heavy (non-hydrogen) atoms. The number of guanidine groups is 1. The van der Waals surface area contributed by atoms with Crippen LogP contribution in [0, 0.1) is 5.92 Å². The molecule has 0 radical (unpaired) electrons. The molecule has 1 aliphatic heterocycles. The fourth-order valence-corrected chi connectivity index (χ4v) is 3.44. The number of nitrogens with zero attached hydrogens (tertiary/aromatic N) is 3. The molecule has 1 atom stereocenters. The molecule has 1 amide bonds. The highest BCUT2D eigenvalue weighted by Crippen LogP contribution is 2.15. The van der Waals surface area contributed by atoms with Gasteiger partial charge in [0.05, 0.1) is 6.54 Å². The number of carbonyl (C=O) groups is 1. The molecule has 0 aliphatic carbocycles. The molecule has 6 heteroatoms. The van der Waals surface area contributed by atoms with Crippen molar-refractivity contribution < 1.29 is 4.79 Å². The maximum absolute atomic E-state index is 12.2. The summed E-state index contributed by atoms with van der Waals surface area (Å²) >= 11 is 0. The van der Waals surface area contributed by atoms with Crippen molar-refractivity contribution in [1.82, 2.24) is 20.4 Å². The molecule has 1 saturated heterocycles. The van der Waals surface area contributed by atoms with Crippen LogP contribution in [-0.4, -0.2) is 60.4 Å². The van der Waals surface area contributed by atoms with Crippen LogP contribution in [0.3, 0.4) is 0 Å². The second kappa shape index (κ2) is 11.2. The maximum Gasteiger partial charge on any atom is 0.225 e. The standard InChI is InChI=1S/C23H39N5O/c1-7-24-23(26-21-12-13-28(16-21)22(29)17(2)3)25-14-19-10-8-9-11-20(19)15-27(6)18(4)5/h8-11,17-18,21H,7,12-16H2,1-6H3,(H2,24,25,26). The summed E-state index contributed by atoms with van der Waals surface area (Å²) in [5.41, 5.74) is 2.57. The summed E-state index contributed by atoms with van der Waals surface area (Å²) < 4.78 is 0. The summed E-state index contributed by atoms with van der Waals surface area (Å²) in [4.78, 5) is 21.4. The number of likely N-dealkylation sites (tertiary alicyclic amines) is 1. The fourth-order valence-electron chi connectivity index (χ4n) is 3.44. The number of rotatable bonds is 8. The molecule has 2 N–H and O–H groups in total. The normalized spacial score (nSPS) is 17.5. The summed E-state index contributed by atoms with van der Waals surface area (Å²) in [6, 6.07) is 9.28. The Labute approximate surface area is 176 Å². The molecule has 0 saturated carbocycles. The number of carbonyl (C=O) groups excluding carboxylic acids is 1. The zero-order chi connectivity index (χ0) is 21.4. The van der Waals surface area contributed by atoms with Gasteiger partial charge in [0.2, 0.25) is 5.91 Å². The van der Waals surface area contributed by atoms with Crippen molar-refractivity contribution in [3.05, 3.63) is 35.4 Å². The smallest absolute Gasteiger partial charge is 0.225 e. The number of hydrogen-bond acceptors (Lipinski definition) is 3. The molecule has 162 valence electrons. The Morgan fingerprint density at radius 2 is 1.93 bits per heavy atom. The first kappa shape index (κ1) is 23.2. The molecule has 6 nitrogen and oxygen atoms in total. The Bertz CT molecular complexity index is 686. The average Bonchev–Trinajstić information content (AvgIpc) is 3.14. The van der Waals surface area contributed by atoms with E-state index in [1.807, 2.05) is 18.7 Å². The molecule has 1 fully saturated rings. The van der Waals surface area contributed by atoms with E-state index in [1.165, 1.54) is 11.1 Å². The monoisotopic (exact) mass is 401 g/mol. The van der Waals surface area contributed by atoms with Crippen LogP contribution in [0.2, 0.25) is 0 Å². The Morgan fingerprint density at radius 1 is 1.24 bits per heavy atom. The molecule has 1 unspecified atom stereocenters. The fraction of sp³-hybridized carbons (Fsp3) is 0.652. The van der Waals surface area contributed by atoms with E-state index in [2.05, 4.69) is 67.6 Å². The zero-order valence-corrected chi connectivity index (χ0v) is 19.0. The van der Waals surface area contributed by atoms with Crippen molar-refractivity contribution in [3.8, 4) is 0 Å². The highest BCUT2D eigenvalue weighted by Gasteiger charge is 2.27. The van der Waals surface area contributed by atoms with Crippen LogP contribution < -0.4 is 10.6 Å². The second-order valence-electron chi connectivity index (χ2n) is 8.54. The van der Waals surface area contributed by atoms with Gasteiger partial charge in [0.15, 0.2) is 5.96 Å². The van der Waals surface area contributed by atoms with Crippen molar-refractivity contribution >= 4 is 11.9 Å². The highest BCUT2D eigenvalue weighted by molar-refractivity contribution is 5.81. The first-order chi connectivity index (χ1) is 13.8. The van der Waals surface area contributed by atoms with Gasteiger partial charge in [-0.2, -0.15) is 0 Å². The quantitative estimate of drug-likeness (QED) is 0.519. The minimum absolute atomic E-state index is 0.0520. The van der Waals surface area contributed by atoms with Gasteiger partial charge in [-0.05, 0) is 45.4 Å². The molecular formula is C23H39N5O. The highest BCUT2D eigenvalue weighted by atomic mass is 16.2. The predicted octanol–water partition coefficient (Wildman–Crippen LogP) is 2.84. The molecule has 0 aromatic heterocycles. The number of benzene rings is 1. The molecule has 1 aromatic carbocycles. The summed E-state index contributed by atoms with van der Waals surface area (Å²) in [5.74, 6) is 1.11. The lowest BCUT2D eigenvalue weighted by molar-refractivity contribution is -0.133. The largest absolute Gasteiger partial charge is 0.357 e. The molecule has 1 heterocycles.